The van der Waals surface area contributed by atoms with Crippen LogP contribution in [-0.4, -0.2) is 19.1 Å². The molecule has 0 aromatic heterocycles. The minimum atomic E-state index is -0.405. The standard InChI is InChI=1S/C14H20F2N2/c1-2-3-10-6-12(17)9-18(8-10)14-7-11(15)4-5-13(14)16/h4-5,7,10,12H,2-3,6,8-9,17H2,1H3. The third-order valence-electron chi connectivity index (χ3n) is 3.52. The highest BCUT2D eigenvalue weighted by atomic mass is 19.1. The van der Waals surface area contributed by atoms with E-state index in [2.05, 4.69) is 6.92 Å². The van der Waals surface area contributed by atoms with Gasteiger partial charge in [0.2, 0.25) is 0 Å². The second kappa shape index (κ2) is 5.65. The molecule has 1 aromatic rings. The highest BCUT2D eigenvalue weighted by Gasteiger charge is 2.26. The minimum Gasteiger partial charge on any atom is -0.367 e. The average molecular weight is 254 g/mol. The zero-order valence-electron chi connectivity index (χ0n) is 10.7. The predicted octanol–water partition coefficient (Wildman–Crippen LogP) is 2.92. The number of piperidine rings is 1. The molecule has 2 N–H and O–H groups in total. The van der Waals surface area contributed by atoms with Crippen LogP contribution in [0.2, 0.25) is 0 Å². The fourth-order valence-corrected chi connectivity index (χ4v) is 2.79. The molecule has 4 heteroatoms. The second-order valence-electron chi connectivity index (χ2n) is 5.15. The summed E-state index contributed by atoms with van der Waals surface area (Å²) in [6, 6.07) is 3.63. The van der Waals surface area contributed by atoms with Crippen molar-refractivity contribution in [2.75, 3.05) is 18.0 Å². The predicted molar refractivity (Wildman–Crippen MR) is 69.6 cm³/mol. The van der Waals surface area contributed by atoms with Gasteiger partial charge in [-0.15, -0.1) is 0 Å². The SMILES string of the molecule is CCCC1CC(N)CN(c2cc(F)ccc2F)C1. The van der Waals surface area contributed by atoms with Crippen molar-refractivity contribution in [3.05, 3.63) is 29.8 Å². The Bertz CT molecular complexity index is 409. The van der Waals surface area contributed by atoms with Gasteiger partial charge in [-0.05, 0) is 30.9 Å². The van der Waals surface area contributed by atoms with Crippen LogP contribution >= 0.6 is 0 Å². The molecule has 0 amide bonds. The molecule has 100 valence electrons. The highest BCUT2D eigenvalue weighted by Crippen LogP contribution is 2.27. The van der Waals surface area contributed by atoms with Crippen LogP contribution < -0.4 is 10.6 Å². The lowest BCUT2D eigenvalue weighted by molar-refractivity contribution is 0.352. The van der Waals surface area contributed by atoms with Gasteiger partial charge in [0.25, 0.3) is 0 Å². The van der Waals surface area contributed by atoms with Gasteiger partial charge >= 0.3 is 0 Å². The number of hydrogen-bond acceptors (Lipinski definition) is 2. The molecule has 0 bridgehead atoms. The fourth-order valence-electron chi connectivity index (χ4n) is 2.79. The summed E-state index contributed by atoms with van der Waals surface area (Å²) in [6.45, 7) is 3.50. The van der Waals surface area contributed by atoms with E-state index in [0.717, 1.165) is 31.9 Å². The molecule has 1 aromatic carbocycles. The Morgan fingerprint density at radius 1 is 1.33 bits per heavy atom. The Kier molecular flexibility index (Phi) is 4.17. The zero-order chi connectivity index (χ0) is 13.1. The smallest absolute Gasteiger partial charge is 0.146 e. The summed E-state index contributed by atoms with van der Waals surface area (Å²) in [5.74, 6) is -0.306. The summed E-state index contributed by atoms with van der Waals surface area (Å²) in [6.07, 6.45) is 3.15. The lowest BCUT2D eigenvalue weighted by atomic mass is 9.90. The largest absolute Gasteiger partial charge is 0.367 e. The molecular formula is C14H20F2N2. The monoisotopic (exact) mass is 254 g/mol. The molecule has 2 rings (SSSR count). The number of anilines is 1. The summed E-state index contributed by atoms with van der Waals surface area (Å²) in [5.41, 5.74) is 6.35. The fraction of sp³-hybridized carbons (Fsp3) is 0.571. The second-order valence-corrected chi connectivity index (χ2v) is 5.15. The summed E-state index contributed by atoms with van der Waals surface area (Å²) < 4.78 is 27.0. The first-order valence-corrected chi connectivity index (χ1v) is 6.55. The quantitative estimate of drug-likeness (QED) is 0.898. The maximum atomic E-state index is 13.7. The lowest BCUT2D eigenvalue weighted by Crippen LogP contribution is -2.47. The summed E-state index contributed by atoms with van der Waals surface area (Å²) in [7, 11) is 0. The van der Waals surface area contributed by atoms with Crippen molar-refractivity contribution in [1.29, 1.82) is 0 Å². The number of nitrogens with zero attached hydrogens (tertiary/aromatic N) is 1. The van der Waals surface area contributed by atoms with Crippen molar-refractivity contribution < 1.29 is 8.78 Å². The van der Waals surface area contributed by atoms with Gasteiger partial charge < -0.3 is 10.6 Å². The van der Waals surface area contributed by atoms with Crippen molar-refractivity contribution in [2.24, 2.45) is 11.7 Å². The molecule has 1 saturated heterocycles. The number of rotatable bonds is 3. The Morgan fingerprint density at radius 3 is 2.83 bits per heavy atom. The normalized spacial score (nSPS) is 24.3. The van der Waals surface area contributed by atoms with Crippen molar-refractivity contribution in [3.63, 3.8) is 0 Å². The molecule has 0 spiro atoms. The first kappa shape index (κ1) is 13.3. The van der Waals surface area contributed by atoms with E-state index in [1.54, 1.807) is 0 Å². The van der Waals surface area contributed by atoms with E-state index in [4.69, 9.17) is 5.73 Å². The first-order valence-electron chi connectivity index (χ1n) is 6.55. The van der Waals surface area contributed by atoms with Crippen LogP contribution in [0.4, 0.5) is 14.5 Å². The van der Waals surface area contributed by atoms with Crippen molar-refractivity contribution in [1.82, 2.24) is 0 Å². The van der Waals surface area contributed by atoms with Gasteiger partial charge in [0.05, 0.1) is 5.69 Å². The molecule has 1 aliphatic rings. The molecular weight excluding hydrogens is 234 g/mol. The molecule has 1 heterocycles. The Hall–Kier alpha value is -1.16. The highest BCUT2D eigenvalue weighted by molar-refractivity contribution is 5.48. The van der Waals surface area contributed by atoms with Gasteiger partial charge in [0, 0.05) is 25.2 Å². The average Bonchev–Trinajstić information content (AvgIpc) is 2.32. The number of halogens is 2. The third-order valence-corrected chi connectivity index (χ3v) is 3.52. The van der Waals surface area contributed by atoms with Crippen LogP contribution in [0.25, 0.3) is 0 Å². The molecule has 2 unspecified atom stereocenters. The van der Waals surface area contributed by atoms with Gasteiger partial charge in [-0.2, -0.15) is 0 Å². The van der Waals surface area contributed by atoms with Crippen LogP contribution in [0.15, 0.2) is 18.2 Å². The summed E-state index contributed by atoms with van der Waals surface area (Å²) >= 11 is 0. The van der Waals surface area contributed by atoms with E-state index in [0.29, 0.717) is 18.2 Å². The molecule has 0 radical (unpaired) electrons. The van der Waals surface area contributed by atoms with E-state index < -0.39 is 5.82 Å². The maximum Gasteiger partial charge on any atom is 0.146 e. The van der Waals surface area contributed by atoms with E-state index >= 15 is 0 Å². The van der Waals surface area contributed by atoms with Crippen molar-refractivity contribution in [3.8, 4) is 0 Å². The van der Waals surface area contributed by atoms with Crippen LogP contribution in [0, 0.1) is 17.6 Å². The van der Waals surface area contributed by atoms with Gasteiger partial charge in [0.1, 0.15) is 11.6 Å². The van der Waals surface area contributed by atoms with Gasteiger partial charge in [-0.25, -0.2) is 8.78 Å². The lowest BCUT2D eigenvalue weighted by Gasteiger charge is -2.38. The molecule has 18 heavy (non-hydrogen) atoms. The Morgan fingerprint density at radius 2 is 2.11 bits per heavy atom. The number of nitrogens with two attached hydrogens (primary N) is 1. The minimum absolute atomic E-state index is 0.0398. The Labute approximate surface area is 107 Å². The van der Waals surface area contributed by atoms with E-state index in [-0.39, 0.29) is 11.9 Å². The topological polar surface area (TPSA) is 29.3 Å². The molecule has 0 saturated carbocycles. The van der Waals surface area contributed by atoms with E-state index in [9.17, 15) is 8.78 Å². The first-order chi connectivity index (χ1) is 8.60. The summed E-state index contributed by atoms with van der Waals surface area (Å²) in [4.78, 5) is 1.88. The molecule has 2 atom stereocenters. The molecule has 1 aliphatic heterocycles. The van der Waals surface area contributed by atoms with Gasteiger partial charge in [-0.1, -0.05) is 13.3 Å². The van der Waals surface area contributed by atoms with E-state index in [1.807, 2.05) is 4.90 Å². The summed E-state index contributed by atoms with van der Waals surface area (Å²) in [5, 5.41) is 0. The van der Waals surface area contributed by atoms with Crippen molar-refractivity contribution >= 4 is 5.69 Å². The van der Waals surface area contributed by atoms with Crippen molar-refractivity contribution in [2.45, 2.75) is 32.2 Å². The third kappa shape index (κ3) is 2.99. The van der Waals surface area contributed by atoms with Gasteiger partial charge in [0.15, 0.2) is 0 Å². The molecule has 2 nitrogen and oxygen atoms in total. The van der Waals surface area contributed by atoms with Crippen LogP contribution in [0.5, 0.6) is 0 Å². The molecule has 0 aliphatic carbocycles. The zero-order valence-corrected chi connectivity index (χ0v) is 10.7. The van der Waals surface area contributed by atoms with Crippen LogP contribution in [0.3, 0.4) is 0 Å². The van der Waals surface area contributed by atoms with Crippen LogP contribution in [-0.2, 0) is 0 Å². The number of benzene rings is 1. The van der Waals surface area contributed by atoms with Crippen LogP contribution in [0.1, 0.15) is 26.2 Å². The number of hydrogen-bond donors (Lipinski definition) is 1. The van der Waals surface area contributed by atoms with Gasteiger partial charge in [-0.3, -0.25) is 0 Å². The molecule has 1 fully saturated rings. The maximum absolute atomic E-state index is 13.7. The Balaban J connectivity index is 2.18. The van der Waals surface area contributed by atoms with E-state index in [1.165, 1.54) is 12.1 Å².